The number of urea groups is 1. The van der Waals surface area contributed by atoms with Crippen LogP contribution in [-0.4, -0.2) is 79.0 Å². The van der Waals surface area contributed by atoms with Crippen LogP contribution in [-0.2, 0) is 14.9 Å². The Morgan fingerprint density at radius 2 is 1.62 bits per heavy atom. The van der Waals surface area contributed by atoms with Gasteiger partial charge in [-0.2, -0.15) is 0 Å². The third-order valence-corrected chi connectivity index (χ3v) is 7.31. The number of rotatable bonds is 6. The van der Waals surface area contributed by atoms with Crippen molar-refractivity contribution in [3.8, 4) is 0 Å². The molecule has 9 heteroatoms. The van der Waals surface area contributed by atoms with Crippen LogP contribution in [0.15, 0.2) is 59.8 Å². The van der Waals surface area contributed by atoms with Crippen molar-refractivity contribution in [2.24, 2.45) is 0 Å². The lowest BCUT2D eigenvalue weighted by atomic mass is 9.85. The van der Waals surface area contributed by atoms with Crippen LogP contribution in [0.25, 0.3) is 0 Å². The number of carbonyl (C=O) groups is 3. The van der Waals surface area contributed by atoms with Crippen LogP contribution in [0.3, 0.4) is 0 Å². The maximum Gasteiger partial charge on any atom is 0.338 e. The summed E-state index contributed by atoms with van der Waals surface area (Å²) >= 11 is 0. The third-order valence-electron chi connectivity index (χ3n) is 7.31. The van der Waals surface area contributed by atoms with Gasteiger partial charge in [-0.1, -0.05) is 45.0 Å². The average Bonchev–Trinajstić information content (AvgIpc) is 2.91. The first-order valence-corrected chi connectivity index (χ1v) is 13.3. The van der Waals surface area contributed by atoms with E-state index in [1.54, 1.807) is 18.9 Å². The molecule has 2 aromatic carbocycles. The van der Waals surface area contributed by atoms with E-state index in [2.05, 4.69) is 31.0 Å². The van der Waals surface area contributed by atoms with E-state index >= 15 is 0 Å². The van der Waals surface area contributed by atoms with Gasteiger partial charge in [-0.15, -0.1) is 0 Å². The summed E-state index contributed by atoms with van der Waals surface area (Å²) < 4.78 is 18.7. The molecule has 0 spiro atoms. The van der Waals surface area contributed by atoms with Crippen LogP contribution < -0.4 is 5.32 Å². The minimum atomic E-state index is -0.641. The molecule has 1 saturated heterocycles. The van der Waals surface area contributed by atoms with Crippen molar-refractivity contribution in [2.45, 2.75) is 39.2 Å². The minimum absolute atomic E-state index is 0.0280. The summed E-state index contributed by atoms with van der Waals surface area (Å²) in [5.41, 5.74) is 3.37. The van der Waals surface area contributed by atoms with Gasteiger partial charge < -0.3 is 15.0 Å². The normalized spacial score (nSPS) is 18.7. The van der Waals surface area contributed by atoms with Gasteiger partial charge in [0, 0.05) is 51.0 Å². The molecule has 1 fully saturated rings. The van der Waals surface area contributed by atoms with E-state index in [4.69, 9.17) is 4.74 Å². The van der Waals surface area contributed by atoms with Gasteiger partial charge in [-0.25, -0.2) is 14.0 Å². The van der Waals surface area contributed by atoms with Gasteiger partial charge in [0.2, 0.25) is 0 Å². The van der Waals surface area contributed by atoms with Crippen molar-refractivity contribution in [3.05, 3.63) is 82.3 Å². The van der Waals surface area contributed by atoms with Gasteiger partial charge in [-0.05, 0) is 47.7 Å². The Hall–Kier alpha value is -3.72. The van der Waals surface area contributed by atoms with Crippen molar-refractivity contribution in [1.82, 2.24) is 20.0 Å². The fraction of sp³-hybridized carbons (Fsp3) is 0.433. The molecule has 2 aliphatic heterocycles. The number of esters is 1. The number of ether oxygens (including phenoxy) is 1. The van der Waals surface area contributed by atoms with E-state index in [1.165, 1.54) is 29.2 Å². The highest BCUT2D eigenvalue weighted by Gasteiger charge is 2.38. The molecule has 0 aliphatic carbocycles. The Morgan fingerprint density at radius 3 is 2.18 bits per heavy atom. The quantitative estimate of drug-likeness (QED) is 0.563. The predicted octanol–water partition coefficient (Wildman–Crippen LogP) is 4.09. The number of benzene rings is 2. The number of halogens is 1. The van der Waals surface area contributed by atoms with E-state index in [-0.39, 0.29) is 29.8 Å². The first-order valence-electron chi connectivity index (χ1n) is 13.3. The van der Waals surface area contributed by atoms with Crippen molar-refractivity contribution in [2.75, 3.05) is 46.4 Å². The molecule has 2 heterocycles. The monoisotopic (exact) mass is 536 g/mol. The molecular weight excluding hydrogens is 499 g/mol. The van der Waals surface area contributed by atoms with Crippen LogP contribution in [0.2, 0.25) is 0 Å². The number of hydrogen-bond donors (Lipinski definition) is 1. The predicted molar refractivity (Wildman–Crippen MR) is 147 cm³/mol. The molecule has 0 bridgehead atoms. The van der Waals surface area contributed by atoms with Crippen LogP contribution in [0.1, 0.15) is 55.2 Å². The molecule has 0 radical (unpaired) electrons. The largest absolute Gasteiger partial charge is 0.463 e. The highest BCUT2D eigenvalue weighted by molar-refractivity contribution is 5.95. The van der Waals surface area contributed by atoms with Gasteiger partial charge in [0.05, 0.1) is 18.2 Å². The Balaban J connectivity index is 1.57. The van der Waals surface area contributed by atoms with Crippen LogP contribution in [0.4, 0.5) is 9.18 Å². The standard InChI is InChI=1S/C30H37FN4O4/c1-6-39-28(37)25-24(19-34-15-17-35(18-16-34)27(36)21-9-13-23(31)14-10-21)33(5)29(38)32-26(25)20-7-11-22(12-8-20)30(2,3)4/h7-14,26H,6,15-19H2,1-5H3,(H,32,38)/t26-/m0/s1. The average molecular weight is 537 g/mol. The van der Waals surface area contributed by atoms with E-state index < -0.39 is 12.0 Å². The number of carbonyl (C=O) groups excluding carboxylic acids is 3. The molecule has 2 aliphatic rings. The van der Waals surface area contributed by atoms with Gasteiger partial charge in [0.25, 0.3) is 5.91 Å². The molecule has 0 aromatic heterocycles. The zero-order valence-electron chi connectivity index (χ0n) is 23.3. The van der Waals surface area contributed by atoms with Crippen molar-refractivity contribution in [3.63, 3.8) is 0 Å². The minimum Gasteiger partial charge on any atom is -0.463 e. The number of nitrogens with zero attached hydrogens (tertiary/aromatic N) is 3. The summed E-state index contributed by atoms with van der Waals surface area (Å²) in [7, 11) is 1.65. The second kappa shape index (κ2) is 11.6. The number of nitrogens with one attached hydrogen (secondary N) is 1. The number of piperazine rings is 1. The topological polar surface area (TPSA) is 82.2 Å². The van der Waals surface area contributed by atoms with E-state index in [9.17, 15) is 18.8 Å². The summed E-state index contributed by atoms with van der Waals surface area (Å²) in [6, 6.07) is 12.6. The summed E-state index contributed by atoms with van der Waals surface area (Å²) in [5.74, 6) is -0.991. The lowest BCUT2D eigenvalue weighted by Gasteiger charge is -2.39. The lowest BCUT2D eigenvalue weighted by Crippen LogP contribution is -2.53. The lowest BCUT2D eigenvalue weighted by molar-refractivity contribution is -0.139. The Bertz CT molecular complexity index is 1240. The van der Waals surface area contributed by atoms with Crippen LogP contribution in [0, 0.1) is 5.82 Å². The Labute approximate surface area is 229 Å². The highest BCUT2D eigenvalue weighted by atomic mass is 19.1. The summed E-state index contributed by atoms with van der Waals surface area (Å²) in [4.78, 5) is 44.5. The van der Waals surface area contributed by atoms with E-state index in [1.807, 2.05) is 24.3 Å². The number of likely N-dealkylation sites (N-methyl/N-ethyl adjacent to an activating group) is 1. The molecule has 4 rings (SSSR count). The first-order chi connectivity index (χ1) is 18.5. The molecule has 208 valence electrons. The van der Waals surface area contributed by atoms with Crippen molar-refractivity contribution < 1.29 is 23.5 Å². The Kier molecular flexibility index (Phi) is 8.39. The zero-order chi connectivity index (χ0) is 28.3. The van der Waals surface area contributed by atoms with Gasteiger partial charge in [-0.3, -0.25) is 14.6 Å². The molecule has 3 amide bonds. The molecule has 39 heavy (non-hydrogen) atoms. The summed E-state index contributed by atoms with van der Waals surface area (Å²) in [5, 5.41) is 2.97. The Morgan fingerprint density at radius 1 is 1.00 bits per heavy atom. The van der Waals surface area contributed by atoms with Crippen molar-refractivity contribution in [1.29, 1.82) is 0 Å². The van der Waals surface area contributed by atoms with Gasteiger partial charge in [0.1, 0.15) is 5.82 Å². The zero-order valence-corrected chi connectivity index (χ0v) is 23.3. The summed E-state index contributed by atoms with van der Waals surface area (Å²) in [6.07, 6.45) is 0. The van der Waals surface area contributed by atoms with Crippen LogP contribution in [0.5, 0.6) is 0 Å². The second-order valence-electron chi connectivity index (χ2n) is 11.0. The maximum absolute atomic E-state index is 13.3. The van der Waals surface area contributed by atoms with Crippen molar-refractivity contribution >= 4 is 17.9 Å². The van der Waals surface area contributed by atoms with E-state index in [0.29, 0.717) is 49.6 Å². The second-order valence-corrected chi connectivity index (χ2v) is 11.0. The molecule has 1 atom stereocenters. The third kappa shape index (κ3) is 6.30. The van der Waals surface area contributed by atoms with Gasteiger partial charge >= 0.3 is 12.0 Å². The smallest absolute Gasteiger partial charge is 0.338 e. The maximum atomic E-state index is 13.3. The van der Waals surface area contributed by atoms with Crippen LogP contribution >= 0.6 is 0 Å². The van der Waals surface area contributed by atoms with E-state index in [0.717, 1.165) is 11.1 Å². The molecule has 8 nitrogen and oxygen atoms in total. The molecule has 0 saturated carbocycles. The molecule has 2 aromatic rings. The molecule has 1 N–H and O–H groups in total. The fourth-order valence-corrected chi connectivity index (χ4v) is 4.92. The first kappa shape index (κ1) is 28.3. The van der Waals surface area contributed by atoms with Gasteiger partial charge in [0.15, 0.2) is 0 Å². The molecule has 0 unspecified atom stereocenters. The highest BCUT2D eigenvalue weighted by Crippen LogP contribution is 2.33. The fourth-order valence-electron chi connectivity index (χ4n) is 4.92. The summed E-state index contributed by atoms with van der Waals surface area (Å²) in [6.45, 7) is 10.8. The SMILES string of the molecule is CCOC(=O)C1=C(CN2CCN(C(=O)c3ccc(F)cc3)CC2)N(C)C(=O)N[C@H]1c1ccc(C(C)(C)C)cc1. The number of hydrogen-bond acceptors (Lipinski definition) is 5. The number of amides is 3. The molecular formula is C30H37FN4O4.